The van der Waals surface area contributed by atoms with Crippen molar-refractivity contribution >= 4 is 5.69 Å². The van der Waals surface area contributed by atoms with E-state index >= 15 is 0 Å². The van der Waals surface area contributed by atoms with Crippen LogP contribution < -0.4 is 5.73 Å². The van der Waals surface area contributed by atoms with Crippen LogP contribution in [0.2, 0.25) is 0 Å². The Morgan fingerprint density at radius 2 is 2.06 bits per heavy atom. The van der Waals surface area contributed by atoms with Gasteiger partial charge in [0.25, 0.3) is 0 Å². The molecule has 2 aromatic rings. The lowest BCUT2D eigenvalue weighted by molar-refractivity contribution is -0.137. The van der Waals surface area contributed by atoms with Gasteiger partial charge in [-0.1, -0.05) is 0 Å². The minimum Gasteiger partial charge on any atom is -0.397 e. The number of halogens is 3. The topological polar surface area (TPSA) is 56.7 Å². The van der Waals surface area contributed by atoms with E-state index in [0.29, 0.717) is 0 Å². The third-order valence-electron chi connectivity index (χ3n) is 1.94. The van der Waals surface area contributed by atoms with Crippen LogP contribution in [0.1, 0.15) is 5.56 Å². The fourth-order valence-electron chi connectivity index (χ4n) is 1.27. The summed E-state index contributed by atoms with van der Waals surface area (Å²) in [7, 11) is 0. The van der Waals surface area contributed by atoms with E-state index in [-0.39, 0.29) is 11.5 Å². The third-order valence-corrected chi connectivity index (χ3v) is 1.94. The number of nitrogen functional groups attached to an aromatic ring is 1. The Morgan fingerprint density at radius 1 is 1.31 bits per heavy atom. The first-order valence-electron chi connectivity index (χ1n) is 4.29. The molecule has 2 N–H and O–H groups in total. The first kappa shape index (κ1) is 10.5. The highest BCUT2D eigenvalue weighted by molar-refractivity contribution is 5.47. The van der Waals surface area contributed by atoms with Crippen molar-refractivity contribution in [3.8, 4) is 5.82 Å². The lowest BCUT2D eigenvalue weighted by atomic mass is 10.2. The van der Waals surface area contributed by atoms with Gasteiger partial charge in [0.2, 0.25) is 0 Å². The highest BCUT2D eigenvalue weighted by atomic mass is 19.4. The average molecular weight is 228 g/mol. The quantitative estimate of drug-likeness (QED) is 0.810. The van der Waals surface area contributed by atoms with Gasteiger partial charge >= 0.3 is 6.18 Å². The molecule has 4 nitrogen and oxygen atoms in total. The fraction of sp³-hybridized carbons (Fsp3) is 0.111. The van der Waals surface area contributed by atoms with Crippen LogP contribution >= 0.6 is 0 Å². The van der Waals surface area contributed by atoms with Gasteiger partial charge in [-0.15, -0.1) is 0 Å². The molecule has 0 saturated heterocycles. The van der Waals surface area contributed by atoms with Crippen molar-refractivity contribution in [3.05, 3.63) is 36.5 Å². The van der Waals surface area contributed by atoms with E-state index in [9.17, 15) is 13.2 Å². The second kappa shape index (κ2) is 3.51. The predicted octanol–water partition coefficient (Wildman–Crippen LogP) is 1.87. The minimum absolute atomic E-state index is 0.0313. The number of aromatic nitrogens is 3. The minimum atomic E-state index is -4.50. The van der Waals surface area contributed by atoms with E-state index in [2.05, 4.69) is 9.97 Å². The van der Waals surface area contributed by atoms with Crippen LogP contribution in [0, 0.1) is 0 Å². The zero-order valence-electron chi connectivity index (χ0n) is 7.94. The summed E-state index contributed by atoms with van der Waals surface area (Å²) in [6.45, 7) is 0. The summed E-state index contributed by atoms with van der Waals surface area (Å²) in [5.74, 6) is -0.237. The second-order valence-electron chi connectivity index (χ2n) is 3.11. The van der Waals surface area contributed by atoms with Crippen molar-refractivity contribution in [2.75, 3.05) is 5.73 Å². The number of alkyl halides is 3. The molecule has 0 aliphatic carbocycles. The fourth-order valence-corrected chi connectivity index (χ4v) is 1.27. The second-order valence-corrected chi connectivity index (χ2v) is 3.11. The summed E-state index contributed by atoms with van der Waals surface area (Å²) in [6.07, 6.45) is 0.673. The van der Waals surface area contributed by atoms with Crippen molar-refractivity contribution in [2.24, 2.45) is 0 Å². The van der Waals surface area contributed by atoms with Gasteiger partial charge in [-0.05, 0) is 6.07 Å². The van der Waals surface area contributed by atoms with Crippen LogP contribution in [0.3, 0.4) is 0 Å². The van der Waals surface area contributed by atoms with Crippen molar-refractivity contribution in [2.45, 2.75) is 6.18 Å². The summed E-state index contributed by atoms with van der Waals surface area (Å²) in [6, 6.07) is 0.850. The van der Waals surface area contributed by atoms with E-state index in [1.807, 2.05) is 0 Å². The third kappa shape index (κ3) is 1.83. The summed E-state index contributed by atoms with van der Waals surface area (Å²) in [5, 5.41) is 0. The molecular formula is C9H7F3N4. The highest BCUT2D eigenvalue weighted by Crippen LogP contribution is 2.33. The molecule has 0 unspecified atom stereocenters. The summed E-state index contributed by atoms with van der Waals surface area (Å²) >= 11 is 0. The molecule has 0 bridgehead atoms. The predicted molar refractivity (Wildman–Crippen MR) is 50.8 cm³/mol. The Balaban J connectivity index is 2.62. The van der Waals surface area contributed by atoms with E-state index in [4.69, 9.17) is 5.73 Å². The molecule has 0 saturated carbocycles. The number of nitrogens with zero attached hydrogens (tertiary/aromatic N) is 3. The highest BCUT2D eigenvalue weighted by Gasteiger charge is 2.35. The Kier molecular flexibility index (Phi) is 2.30. The zero-order valence-corrected chi connectivity index (χ0v) is 7.94. The Morgan fingerprint density at radius 3 is 2.62 bits per heavy atom. The van der Waals surface area contributed by atoms with E-state index in [1.165, 1.54) is 29.5 Å². The molecule has 2 aromatic heterocycles. The van der Waals surface area contributed by atoms with E-state index in [1.54, 1.807) is 0 Å². The molecule has 84 valence electrons. The van der Waals surface area contributed by atoms with Gasteiger partial charge in [-0.25, -0.2) is 9.97 Å². The van der Waals surface area contributed by atoms with E-state index < -0.39 is 11.7 Å². The van der Waals surface area contributed by atoms with Crippen LogP contribution in [-0.2, 0) is 6.18 Å². The first-order chi connectivity index (χ1) is 7.48. The zero-order chi connectivity index (χ0) is 11.8. The van der Waals surface area contributed by atoms with Crippen LogP contribution in [0.5, 0.6) is 0 Å². The normalized spacial score (nSPS) is 11.7. The van der Waals surface area contributed by atoms with E-state index in [0.717, 1.165) is 6.07 Å². The van der Waals surface area contributed by atoms with Crippen LogP contribution in [0.15, 0.2) is 31.0 Å². The van der Waals surface area contributed by atoms with Crippen molar-refractivity contribution < 1.29 is 13.2 Å². The molecule has 0 amide bonds. The number of anilines is 1. The number of pyridine rings is 1. The summed E-state index contributed by atoms with van der Waals surface area (Å²) < 4.78 is 39.3. The van der Waals surface area contributed by atoms with Gasteiger partial charge in [0.15, 0.2) is 0 Å². The molecule has 0 spiro atoms. The van der Waals surface area contributed by atoms with Gasteiger partial charge < -0.3 is 5.73 Å². The average Bonchev–Trinajstić information content (AvgIpc) is 2.69. The van der Waals surface area contributed by atoms with Gasteiger partial charge in [0.05, 0.1) is 11.9 Å². The number of rotatable bonds is 1. The maximum atomic E-state index is 12.7. The van der Waals surface area contributed by atoms with Gasteiger partial charge in [0.1, 0.15) is 17.7 Å². The number of imidazole rings is 1. The van der Waals surface area contributed by atoms with Crippen molar-refractivity contribution in [3.63, 3.8) is 0 Å². The Labute approximate surface area is 88.5 Å². The molecule has 16 heavy (non-hydrogen) atoms. The first-order valence-corrected chi connectivity index (χ1v) is 4.29. The molecule has 2 rings (SSSR count). The molecule has 2 heterocycles. The Hall–Kier alpha value is -2.05. The molecule has 0 fully saturated rings. The summed E-state index contributed by atoms with van der Waals surface area (Å²) in [4.78, 5) is 7.33. The molecule has 0 radical (unpaired) electrons. The molecule has 0 atom stereocenters. The summed E-state index contributed by atoms with van der Waals surface area (Å²) in [5.41, 5.74) is 4.38. The van der Waals surface area contributed by atoms with Gasteiger partial charge in [-0.2, -0.15) is 13.2 Å². The van der Waals surface area contributed by atoms with Crippen molar-refractivity contribution in [1.82, 2.24) is 14.5 Å². The molecule has 0 aliphatic heterocycles. The smallest absolute Gasteiger partial charge is 0.397 e. The molecule has 0 aliphatic rings. The number of hydrogen-bond acceptors (Lipinski definition) is 3. The maximum Gasteiger partial charge on any atom is 0.420 e. The standard InChI is InChI=1S/C9H7F3N4/c10-9(11,12)7-3-6(13)4-15-8(7)16-2-1-14-5-16/h1-5H,13H2. The van der Waals surface area contributed by atoms with Gasteiger partial charge in [0, 0.05) is 12.4 Å². The monoisotopic (exact) mass is 228 g/mol. The lowest BCUT2D eigenvalue weighted by Gasteiger charge is -2.12. The molecular weight excluding hydrogens is 221 g/mol. The van der Waals surface area contributed by atoms with Crippen molar-refractivity contribution in [1.29, 1.82) is 0 Å². The van der Waals surface area contributed by atoms with Crippen LogP contribution in [0.25, 0.3) is 5.82 Å². The van der Waals surface area contributed by atoms with Gasteiger partial charge in [-0.3, -0.25) is 4.57 Å². The number of nitrogens with two attached hydrogens (primary N) is 1. The number of hydrogen-bond donors (Lipinski definition) is 1. The van der Waals surface area contributed by atoms with Crippen LogP contribution in [0.4, 0.5) is 18.9 Å². The van der Waals surface area contributed by atoms with Crippen LogP contribution in [-0.4, -0.2) is 14.5 Å². The molecule has 7 heteroatoms. The lowest BCUT2D eigenvalue weighted by Crippen LogP contribution is -2.12. The molecule has 0 aromatic carbocycles. The largest absolute Gasteiger partial charge is 0.420 e. The Bertz CT molecular complexity index is 490. The maximum absolute atomic E-state index is 12.7. The SMILES string of the molecule is Nc1cnc(-n2ccnc2)c(C(F)(F)F)c1.